The van der Waals surface area contributed by atoms with Gasteiger partial charge in [-0.2, -0.15) is 10.2 Å². The molecule has 2 rings (SSSR count). The van der Waals surface area contributed by atoms with Crippen LogP contribution >= 0.6 is 11.8 Å². The van der Waals surface area contributed by atoms with E-state index in [0.29, 0.717) is 16.7 Å². The van der Waals surface area contributed by atoms with Gasteiger partial charge in [-0.1, -0.05) is 11.8 Å². The van der Waals surface area contributed by atoms with Gasteiger partial charge < -0.3 is 0 Å². The molecule has 0 fully saturated rings. The van der Waals surface area contributed by atoms with E-state index in [1.807, 2.05) is 26.8 Å². The Balaban J connectivity index is 2.26. The smallest absolute Gasteiger partial charge is 0.216 e. The van der Waals surface area contributed by atoms with Gasteiger partial charge in [0, 0.05) is 17.1 Å². The van der Waals surface area contributed by atoms with E-state index in [0.717, 1.165) is 11.4 Å². The number of aromatic nitrogens is 4. The second kappa shape index (κ2) is 4.72. The SMILES string of the molecule is Cc1cc(C)n2nc(SC[C@H](C)C#N)nc2n1. The van der Waals surface area contributed by atoms with Crippen LogP contribution in [-0.2, 0) is 0 Å². The molecule has 0 unspecified atom stereocenters. The Morgan fingerprint density at radius 2 is 2.24 bits per heavy atom. The van der Waals surface area contributed by atoms with Crippen molar-refractivity contribution in [3.05, 3.63) is 17.5 Å². The minimum atomic E-state index is 0.00223. The van der Waals surface area contributed by atoms with Crippen LogP contribution in [0.2, 0.25) is 0 Å². The molecule has 0 saturated heterocycles. The third-order valence-electron chi connectivity index (χ3n) is 2.28. The molecule has 1 atom stereocenters. The molecule has 2 heterocycles. The number of fused-ring (bicyclic) bond motifs is 1. The fourth-order valence-corrected chi connectivity index (χ4v) is 2.21. The Morgan fingerprint density at radius 1 is 1.47 bits per heavy atom. The van der Waals surface area contributed by atoms with Gasteiger partial charge in [-0.25, -0.2) is 9.50 Å². The highest BCUT2D eigenvalue weighted by molar-refractivity contribution is 7.99. The minimum Gasteiger partial charge on any atom is -0.216 e. The molecule has 0 aromatic carbocycles. The molecule has 5 nitrogen and oxygen atoms in total. The molecule has 0 saturated carbocycles. The van der Waals surface area contributed by atoms with Crippen LogP contribution in [0.25, 0.3) is 5.78 Å². The molecule has 0 amide bonds. The Labute approximate surface area is 104 Å². The summed E-state index contributed by atoms with van der Waals surface area (Å²) in [5.74, 6) is 1.32. The molecule has 0 aliphatic heterocycles. The van der Waals surface area contributed by atoms with E-state index in [2.05, 4.69) is 21.1 Å². The predicted octanol–water partition coefficient (Wildman–Crippen LogP) is 1.99. The first-order valence-electron chi connectivity index (χ1n) is 5.33. The van der Waals surface area contributed by atoms with Crippen LogP contribution in [0.15, 0.2) is 11.2 Å². The van der Waals surface area contributed by atoms with Gasteiger partial charge in [-0.15, -0.1) is 5.10 Å². The largest absolute Gasteiger partial charge is 0.253 e. The molecule has 2 aromatic heterocycles. The van der Waals surface area contributed by atoms with E-state index < -0.39 is 0 Å². The summed E-state index contributed by atoms with van der Waals surface area (Å²) in [5.41, 5.74) is 1.95. The van der Waals surface area contributed by atoms with Crippen molar-refractivity contribution in [2.75, 3.05) is 5.75 Å². The van der Waals surface area contributed by atoms with Gasteiger partial charge >= 0.3 is 0 Å². The van der Waals surface area contributed by atoms with Gasteiger partial charge in [0.1, 0.15) is 0 Å². The standard InChI is InChI=1S/C11H13N5S/c1-7(5-12)6-17-11-14-10-13-8(2)4-9(3)16(10)15-11/h4,7H,6H2,1-3H3/t7-/m1/s1. The summed E-state index contributed by atoms with van der Waals surface area (Å²) < 4.78 is 1.73. The minimum absolute atomic E-state index is 0.00223. The lowest BCUT2D eigenvalue weighted by Gasteiger charge is -1.97. The number of thioether (sulfide) groups is 1. The van der Waals surface area contributed by atoms with Gasteiger partial charge in [0.2, 0.25) is 5.16 Å². The normalized spacial score (nSPS) is 12.6. The molecule has 0 spiro atoms. The van der Waals surface area contributed by atoms with Crippen molar-refractivity contribution in [2.45, 2.75) is 25.9 Å². The fourth-order valence-electron chi connectivity index (χ4n) is 1.45. The second-order valence-corrected chi connectivity index (χ2v) is 4.97. The monoisotopic (exact) mass is 247 g/mol. The molecule has 2 aromatic rings. The molecule has 88 valence electrons. The zero-order valence-corrected chi connectivity index (χ0v) is 10.8. The van der Waals surface area contributed by atoms with E-state index in [9.17, 15) is 0 Å². The fraction of sp³-hybridized carbons (Fsp3) is 0.455. The lowest BCUT2D eigenvalue weighted by atomic mass is 10.3. The van der Waals surface area contributed by atoms with Crippen molar-refractivity contribution in [1.82, 2.24) is 19.6 Å². The first-order chi connectivity index (χ1) is 8.10. The summed E-state index contributed by atoms with van der Waals surface area (Å²) in [4.78, 5) is 8.65. The number of rotatable bonds is 3. The summed E-state index contributed by atoms with van der Waals surface area (Å²) in [7, 11) is 0. The van der Waals surface area contributed by atoms with E-state index in [-0.39, 0.29) is 5.92 Å². The van der Waals surface area contributed by atoms with Crippen molar-refractivity contribution in [1.29, 1.82) is 5.26 Å². The van der Waals surface area contributed by atoms with Crippen LogP contribution in [0.5, 0.6) is 0 Å². The predicted molar refractivity (Wildman–Crippen MR) is 65.8 cm³/mol. The molecule has 0 aliphatic rings. The van der Waals surface area contributed by atoms with Crippen LogP contribution in [-0.4, -0.2) is 25.3 Å². The summed E-state index contributed by atoms with van der Waals surface area (Å²) in [5, 5.41) is 13.7. The molecule has 0 N–H and O–H groups in total. The van der Waals surface area contributed by atoms with Gasteiger partial charge in [-0.3, -0.25) is 0 Å². The van der Waals surface area contributed by atoms with E-state index in [1.165, 1.54) is 11.8 Å². The maximum atomic E-state index is 8.71. The summed E-state index contributed by atoms with van der Waals surface area (Å²) >= 11 is 1.49. The van der Waals surface area contributed by atoms with Crippen molar-refractivity contribution in [3.8, 4) is 6.07 Å². The number of nitrogens with zero attached hydrogens (tertiary/aromatic N) is 5. The van der Waals surface area contributed by atoms with Crippen molar-refractivity contribution in [2.24, 2.45) is 5.92 Å². The Morgan fingerprint density at radius 3 is 2.94 bits per heavy atom. The van der Waals surface area contributed by atoms with Crippen LogP contribution in [0.4, 0.5) is 0 Å². The van der Waals surface area contributed by atoms with Crippen molar-refractivity contribution < 1.29 is 0 Å². The van der Waals surface area contributed by atoms with E-state index >= 15 is 0 Å². The highest BCUT2D eigenvalue weighted by Gasteiger charge is 2.09. The summed E-state index contributed by atoms with van der Waals surface area (Å²) in [6, 6.07) is 4.16. The highest BCUT2D eigenvalue weighted by Crippen LogP contribution is 2.17. The lowest BCUT2D eigenvalue weighted by Crippen LogP contribution is -1.97. The second-order valence-electron chi connectivity index (χ2n) is 3.99. The maximum Gasteiger partial charge on any atom is 0.253 e. The molecule has 6 heteroatoms. The zero-order valence-electron chi connectivity index (χ0n) is 10.0. The van der Waals surface area contributed by atoms with Crippen LogP contribution in [0.3, 0.4) is 0 Å². The van der Waals surface area contributed by atoms with Crippen molar-refractivity contribution >= 4 is 17.5 Å². The Bertz CT molecular complexity index is 583. The number of hydrogen-bond acceptors (Lipinski definition) is 5. The van der Waals surface area contributed by atoms with Gasteiger partial charge in [0.05, 0.1) is 12.0 Å². The van der Waals surface area contributed by atoms with Gasteiger partial charge in [0.15, 0.2) is 0 Å². The number of hydrogen-bond donors (Lipinski definition) is 0. The first kappa shape index (κ1) is 11.9. The molecule has 0 bridgehead atoms. The molecule has 17 heavy (non-hydrogen) atoms. The molecular weight excluding hydrogens is 234 g/mol. The third-order valence-corrected chi connectivity index (χ3v) is 3.38. The third kappa shape index (κ3) is 2.56. The van der Waals surface area contributed by atoms with Gasteiger partial charge in [-0.05, 0) is 26.8 Å². The average molecular weight is 247 g/mol. The lowest BCUT2D eigenvalue weighted by molar-refractivity contribution is 0.832. The summed E-state index contributed by atoms with van der Waals surface area (Å²) in [6.45, 7) is 5.80. The molecular formula is C11H13N5S. The highest BCUT2D eigenvalue weighted by atomic mass is 32.2. The maximum absolute atomic E-state index is 8.71. The first-order valence-corrected chi connectivity index (χ1v) is 6.32. The Kier molecular flexibility index (Phi) is 3.29. The number of nitriles is 1. The number of aryl methyl sites for hydroxylation is 2. The van der Waals surface area contributed by atoms with Crippen molar-refractivity contribution in [3.63, 3.8) is 0 Å². The van der Waals surface area contributed by atoms with Gasteiger partial charge in [0.25, 0.3) is 5.78 Å². The Hall–Kier alpha value is -1.61. The quantitative estimate of drug-likeness (QED) is 0.776. The molecule has 0 radical (unpaired) electrons. The van der Waals surface area contributed by atoms with Crippen LogP contribution in [0, 0.1) is 31.1 Å². The van der Waals surface area contributed by atoms with E-state index in [4.69, 9.17) is 5.26 Å². The van der Waals surface area contributed by atoms with Crippen LogP contribution < -0.4 is 0 Å². The topological polar surface area (TPSA) is 66.9 Å². The van der Waals surface area contributed by atoms with E-state index in [1.54, 1.807) is 4.52 Å². The molecule has 0 aliphatic carbocycles. The average Bonchev–Trinajstić information content (AvgIpc) is 2.69. The van der Waals surface area contributed by atoms with Crippen LogP contribution in [0.1, 0.15) is 18.3 Å². The zero-order chi connectivity index (χ0) is 12.4. The summed E-state index contributed by atoms with van der Waals surface area (Å²) in [6.07, 6.45) is 0.